The Balaban J connectivity index is 3.14. The van der Waals surface area contributed by atoms with Gasteiger partial charge in [0.05, 0.1) is 12.4 Å². The second kappa shape index (κ2) is 3.21. The Bertz CT molecular complexity index is 261. The summed E-state index contributed by atoms with van der Waals surface area (Å²) < 4.78 is 0. The molecule has 0 amide bonds. The van der Waals surface area contributed by atoms with Gasteiger partial charge in [0.2, 0.25) is 0 Å². The van der Waals surface area contributed by atoms with Crippen LogP contribution < -0.4 is 0 Å². The molecule has 0 aliphatic rings. The average Bonchev–Trinajstić information content (AvgIpc) is 2.03. The van der Waals surface area contributed by atoms with Crippen molar-refractivity contribution in [2.75, 3.05) is 0 Å². The van der Waals surface area contributed by atoms with Gasteiger partial charge in [-0.15, -0.1) is 0 Å². The fourth-order valence-electron chi connectivity index (χ4n) is 1.30. The molecule has 1 heterocycles. The monoisotopic (exact) mass is 164 g/mol. The van der Waals surface area contributed by atoms with Crippen molar-refractivity contribution in [3.8, 4) is 0 Å². The van der Waals surface area contributed by atoms with Crippen LogP contribution in [-0.2, 0) is 11.8 Å². The van der Waals surface area contributed by atoms with Gasteiger partial charge in [0.25, 0.3) is 0 Å². The second-order valence-electron chi connectivity index (χ2n) is 4.03. The van der Waals surface area contributed by atoms with Crippen LogP contribution in [0.25, 0.3) is 0 Å². The highest BCUT2D eigenvalue weighted by Gasteiger charge is 2.17. The van der Waals surface area contributed by atoms with Crippen molar-refractivity contribution in [2.45, 2.75) is 39.5 Å². The van der Waals surface area contributed by atoms with Crippen LogP contribution in [0.2, 0.25) is 0 Å². The molecule has 0 saturated carbocycles. The first-order chi connectivity index (χ1) is 5.55. The fraction of sp³-hybridized carbons (Fsp3) is 0.600. The minimum absolute atomic E-state index is 0.182. The Kier molecular flexibility index (Phi) is 2.46. The molecule has 2 nitrogen and oxygen atoms in total. The third-order valence-electron chi connectivity index (χ3n) is 2.00. The van der Waals surface area contributed by atoms with Crippen LogP contribution in [-0.4, -0.2) is 10.2 Å². The lowest BCUT2D eigenvalue weighted by molar-refractivity contribution is 0.577. The van der Waals surface area contributed by atoms with E-state index in [1.807, 2.05) is 12.4 Å². The lowest BCUT2D eigenvalue weighted by Crippen LogP contribution is -2.14. The Morgan fingerprint density at radius 3 is 2.17 bits per heavy atom. The normalized spacial score (nSPS) is 11.7. The molecule has 1 aromatic rings. The Labute approximate surface area is 74.0 Å². The molecule has 0 aliphatic carbocycles. The summed E-state index contributed by atoms with van der Waals surface area (Å²) in [6.07, 6.45) is 4.77. The van der Waals surface area contributed by atoms with E-state index in [0.29, 0.717) is 0 Å². The fourth-order valence-corrected chi connectivity index (χ4v) is 1.30. The zero-order chi connectivity index (χ0) is 9.19. The highest BCUT2D eigenvalue weighted by atomic mass is 15.1. The lowest BCUT2D eigenvalue weighted by atomic mass is 9.85. The first-order valence-electron chi connectivity index (χ1n) is 4.35. The van der Waals surface area contributed by atoms with E-state index in [1.54, 1.807) is 0 Å². The highest BCUT2D eigenvalue weighted by Crippen LogP contribution is 2.24. The molecule has 0 saturated heterocycles. The molecule has 0 atom stereocenters. The summed E-state index contributed by atoms with van der Waals surface area (Å²) in [6, 6.07) is 0. The maximum Gasteiger partial charge on any atom is 0.0536 e. The number of aromatic nitrogens is 2. The van der Waals surface area contributed by atoms with Gasteiger partial charge < -0.3 is 0 Å². The zero-order valence-electron chi connectivity index (χ0n) is 8.26. The number of nitrogens with zero attached hydrogens (tertiary/aromatic N) is 2. The van der Waals surface area contributed by atoms with Gasteiger partial charge in [-0.05, 0) is 23.0 Å². The number of hydrogen-bond acceptors (Lipinski definition) is 2. The van der Waals surface area contributed by atoms with E-state index in [0.717, 1.165) is 6.42 Å². The van der Waals surface area contributed by atoms with Gasteiger partial charge in [0.1, 0.15) is 0 Å². The van der Waals surface area contributed by atoms with E-state index in [1.165, 1.54) is 11.1 Å². The van der Waals surface area contributed by atoms with Crippen LogP contribution in [0.5, 0.6) is 0 Å². The summed E-state index contributed by atoms with van der Waals surface area (Å²) in [4.78, 5) is 0. The number of rotatable bonds is 1. The predicted molar refractivity (Wildman–Crippen MR) is 50.1 cm³/mol. The molecule has 0 aliphatic heterocycles. The van der Waals surface area contributed by atoms with Crippen molar-refractivity contribution in [3.05, 3.63) is 23.5 Å². The molecule has 0 radical (unpaired) electrons. The molecule has 1 aromatic heterocycles. The summed E-state index contributed by atoms with van der Waals surface area (Å²) in [5.74, 6) is 0. The number of hydrogen-bond donors (Lipinski definition) is 0. The highest BCUT2D eigenvalue weighted by molar-refractivity contribution is 5.27. The molecule has 12 heavy (non-hydrogen) atoms. The minimum Gasteiger partial charge on any atom is -0.159 e. The van der Waals surface area contributed by atoms with E-state index >= 15 is 0 Å². The Morgan fingerprint density at radius 2 is 1.75 bits per heavy atom. The molecule has 0 N–H and O–H groups in total. The van der Waals surface area contributed by atoms with Crippen LogP contribution in [0.15, 0.2) is 12.4 Å². The van der Waals surface area contributed by atoms with Crippen LogP contribution >= 0.6 is 0 Å². The molecule has 0 unspecified atom stereocenters. The van der Waals surface area contributed by atoms with Gasteiger partial charge in [0.15, 0.2) is 0 Å². The second-order valence-corrected chi connectivity index (χ2v) is 4.03. The van der Waals surface area contributed by atoms with Gasteiger partial charge in [-0.1, -0.05) is 27.7 Å². The van der Waals surface area contributed by atoms with Gasteiger partial charge in [0, 0.05) is 0 Å². The molecule has 0 spiro atoms. The minimum atomic E-state index is 0.182. The van der Waals surface area contributed by atoms with Crippen molar-refractivity contribution < 1.29 is 0 Å². The molecular formula is C10H16N2. The molecular weight excluding hydrogens is 148 g/mol. The maximum atomic E-state index is 3.91. The molecule has 66 valence electrons. The summed E-state index contributed by atoms with van der Waals surface area (Å²) in [5.41, 5.74) is 2.79. The summed E-state index contributed by atoms with van der Waals surface area (Å²) >= 11 is 0. The summed E-state index contributed by atoms with van der Waals surface area (Å²) in [5, 5.41) is 7.79. The average molecular weight is 164 g/mol. The van der Waals surface area contributed by atoms with Crippen LogP contribution in [0.3, 0.4) is 0 Å². The van der Waals surface area contributed by atoms with E-state index in [4.69, 9.17) is 0 Å². The molecule has 1 rings (SSSR count). The van der Waals surface area contributed by atoms with Gasteiger partial charge in [-0.2, -0.15) is 10.2 Å². The lowest BCUT2D eigenvalue weighted by Gasteiger charge is -2.20. The first-order valence-corrected chi connectivity index (χ1v) is 4.35. The van der Waals surface area contributed by atoms with E-state index in [9.17, 15) is 0 Å². The van der Waals surface area contributed by atoms with E-state index < -0.39 is 0 Å². The SMILES string of the molecule is CCc1cnncc1C(C)(C)C. The van der Waals surface area contributed by atoms with Crippen molar-refractivity contribution in [3.63, 3.8) is 0 Å². The van der Waals surface area contributed by atoms with Crippen LogP contribution in [0, 0.1) is 0 Å². The first kappa shape index (κ1) is 9.17. The van der Waals surface area contributed by atoms with E-state index in [2.05, 4.69) is 37.9 Å². The van der Waals surface area contributed by atoms with Crippen LogP contribution in [0.4, 0.5) is 0 Å². The van der Waals surface area contributed by atoms with Gasteiger partial charge in [-0.3, -0.25) is 0 Å². The Morgan fingerprint density at radius 1 is 1.17 bits per heavy atom. The summed E-state index contributed by atoms with van der Waals surface area (Å²) in [7, 11) is 0. The van der Waals surface area contributed by atoms with E-state index in [-0.39, 0.29) is 5.41 Å². The van der Waals surface area contributed by atoms with Crippen molar-refractivity contribution in [2.24, 2.45) is 0 Å². The third kappa shape index (κ3) is 1.81. The van der Waals surface area contributed by atoms with Crippen molar-refractivity contribution in [1.29, 1.82) is 0 Å². The molecule has 0 aromatic carbocycles. The summed E-state index contributed by atoms with van der Waals surface area (Å²) in [6.45, 7) is 8.74. The standard InChI is InChI=1S/C10H16N2/c1-5-8-6-11-12-7-9(8)10(2,3)4/h6-7H,5H2,1-4H3. The molecule has 0 bridgehead atoms. The van der Waals surface area contributed by atoms with Gasteiger partial charge in [-0.25, -0.2) is 0 Å². The maximum absolute atomic E-state index is 3.91. The third-order valence-corrected chi connectivity index (χ3v) is 2.00. The van der Waals surface area contributed by atoms with Crippen LogP contribution in [0.1, 0.15) is 38.8 Å². The number of aryl methyl sites for hydroxylation is 1. The zero-order valence-corrected chi connectivity index (χ0v) is 8.26. The molecule has 2 heteroatoms. The predicted octanol–water partition coefficient (Wildman–Crippen LogP) is 2.34. The largest absolute Gasteiger partial charge is 0.159 e. The van der Waals surface area contributed by atoms with Crippen molar-refractivity contribution in [1.82, 2.24) is 10.2 Å². The van der Waals surface area contributed by atoms with Gasteiger partial charge >= 0.3 is 0 Å². The molecule has 0 fully saturated rings. The topological polar surface area (TPSA) is 25.8 Å². The van der Waals surface area contributed by atoms with Crippen molar-refractivity contribution >= 4 is 0 Å². The smallest absolute Gasteiger partial charge is 0.0536 e. The quantitative estimate of drug-likeness (QED) is 0.636. The Hall–Kier alpha value is -0.920.